The maximum Gasteiger partial charge on any atom is 0.241 e. The molecule has 0 heterocycles. The zero-order chi connectivity index (χ0) is 13.2. The standard InChI is InChI=1S/C12H10INO3S/c13-17-11-7-6-10(8-12(11)18(14,15)16)9-4-2-1-3-5-9/h1-8H,(H2,14,15,16). The second-order valence-electron chi connectivity index (χ2n) is 3.65. The first-order valence-corrected chi connectivity index (χ1v) is 7.46. The summed E-state index contributed by atoms with van der Waals surface area (Å²) in [6, 6.07) is 14.3. The molecule has 0 radical (unpaired) electrons. The molecule has 2 aromatic carbocycles. The molecule has 2 rings (SSSR count). The van der Waals surface area contributed by atoms with Gasteiger partial charge in [-0.15, -0.1) is 0 Å². The molecule has 4 nitrogen and oxygen atoms in total. The summed E-state index contributed by atoms with van der Waals surface area (Å²) in [6.45, 7) is 0. The fraction of sp³-hybridized carbons (Fsp3) is 0. The Hall–Kier alpha value is -1.12. The van der Waals surface area contributed by atoms with Crippen molar-refractivity contribution in [3.05, 3.63) is 48.5 Å². The average Bonchev–Trinajstić information content (AvgIpc) is 2.38. The van der Waals surface area contributed by atoms with Gasteiger partial charge in [0.05, 0.1) is 0 Å². The minimum atomic E-state index is -3.81. The number of nitrogens with two attached hydrogens (primary N) is 1. The number of hydrogen-bond acceptors (Lipinski definition) is 3. The van der Waals surface area contributed by atoms with Crippen molar-refractivity contribution in [3.63, 3.8) is 0 Å². The highest BCUT2D eigenvalue weighted by Crippen LogP contribution is 2.30. The average molecular weight is 375 g/mol. The van der Waals surface area contributed by atoms with Crippen LogP contribution in [0.5, 0.6) is 5.75 Å². The highest BCUT2D eigenvalue weighted by atomic mass is 127. The van der Waals surface area contributed by atoms with Gasteiger partial charge < -0.3 is 3.07 Å². The van der Waals surface area contributed by atoms with Gasteiger partial charge >= 0.3 is 0 Å². The van der Waals surface area contributed by atoms with Gasteiger partial charge in [-0.3, -0.25) is 0 Å². The third kappa shape index (κ3) is 2.82. The molecule has 0 aromatic heterocycles. The molecule has 94 valence electrons. The third-order valence-electron chi connectivity index (χ3n) is 2.44. The largest absolute Gasteiger partial charge is 0.426 e. The SMILES string of the molecule is NS(=O)(=O)c1cc(-c2ccccc2)ccc1OI. The Bertz CT molecular complexity index is 656. The van der Waals surface area contributed by atoms with Crippen molar-refractivity contribution in [3.8, 4) is 16.9 Å². The Morgan fingerprint density at radius 1 is 1.00 bits per heavy atom. The summed E-state index contributed by atoms with van der Waals surface area (Å²) in [5.41, 5.74) is 1.69. The summed E-state index contributed by atoms with van der Waals surface area (Å²) < 4.78 is 28.0. The first-order valence-electron chi connectivity index (χ1n) is 5.03. The van der Waals surface area contributed by atoms with Gasteiger partial charge in [-0.25, -0.2) is 13.6 Å². The molecule has 0 bridgehead atoms. The fourth-order valence-electron chi connectivity index (χ4n) is 1.60. The molecule has 6 heteroatoms. The number of primary sulfonamides is 1. The second kappa shape index (κ2) is 5.25. The van der Waals surface area contributed by atoms with E-state index in [1.807, 2.05) is 30.3 Å². The zero-order valence-corrected chi connectivity index (χ0v) is 12.2. The van der Waals surface area contributed by atoms with Crippen molar-refractivity contribution in [1.29, 1.82) is 0 Å². The monoisotopic (exact) mass is 375 g/mol. The van der Waals surface area contributed by atoms with Gasteiger partial charge in [0, 0.05) is 0 Å². The molecule has 2 N–H and O–H groups in total. The Labute approximate surface area is 120 Å². The van der Waals surface area contributed by atoms with Gasteiger partial charge in [-0.2, -0.15) is 0 Å². The lowest BCUT2D eigenvalue weighted by Crippen LogP contribution is -2.13. The number of hydrogen-bond donors (Lipinski definition) is 1. The quantitative estimate of drug-likeness (QED) is 0.839. The van der Waals surface area contributed by atoms with Crippen LogP contribution in [0.4, 0.5) is 0 Å². The van der Waals surface area contributed by atoms with Crippen molar-refractivity contribution in [2.24, 2.45) is 5.14 Å². The van der Waals surface area contributed by atoms with Crippen LogP contribution in [0.25, 0.3) is 11.1 Å². The Kier molecular flexibility index (Phi) is 3.88. The van der Waals surface area contributed by atoms with Gasteiger partial charge in [0.1, 0.15) is 4.90 Å². The van der Waals surface area contributed by atoms with Gasteiger partial charge in [-0.05, 0) is 23.3 Å². The molecule has 0 atom stereocenters. The van der Waals surface area contributed by atoms with E-state index in [0.717, 1.165) is 11.1 Å². The van der Waals surface area contributed by atoms with Crippen LogP contribution < -0.4 is 8.21 Å². The van der Waals surface area contributed by atoms with E-state index in [9.17, 15) is 8.42 Å². The summed E-state index contributed by atoms with van der Waals surface area (Å²) in [7, 11) is -3.81. The van der Waals surface area contributed by atoms with Crippen molar-refractivity contribution in [1.82, 2.24) is 0 Å². The molecule has 0 spiro atoms. The van der Waals surface area contributed by atoms with E-state index in [1.165, 1.54) is 6.07 Å². The van der Waals surface area contributed by atoms with Crippen molar-refractivity contribution in [2.45, 2.75) is 4.90 Å². The van der Waals surface area contributed by atoms with Crippen LogP contribution in [0.15, 0.2) is 53.4 Å². The fourth-order valence-corrected chi connectivity index (χ4v) is 2.82. The van der Waals surface area contributed by atoms with E-state index in [-0.39, 0.29) is 10.6 Å². The van der Waals surface area contributed by atoms with Crippen LogP contribution in [0.2, 0.25) is 0 Å². The number of sulfonamides is 1. The predicted octanol–water partition coefficient (Wildman–Crippen LogP) is 2.73. The second-order valence-corrected chi connectivity index (χ2v) is 5.62. The Balaban J connectivity index is 2.61. The van der Waals surface area contributed by atoms with Crippen LogP contribution in [0.1, 0.15) is 0 Å². The van der Waals surface area contributed by atoms with Crippen molar-refractivity contribution >= 4 is 33.0 Å². The molecule has 0 fully saturated rings. The summed E-state index contributed by atoms with van der Waals surface area (Å²) in [5.74, 6) is 0.234. The van der Waals surface area contributed by atoms with Gasteiger partial charge in [0.2, 0.25) is 10.0 Å². The maximum atomic E-state index is 11.5. The molecular weight excluding hydrogens is 365 g/mol. The smallest absolute Gasteiger partial charge is 0.241 e. The summed E-state index contributed by atoms with van der Waals surface area (Å²) in [6.07, 6.45) is 0. The minimum Gasteiger partial charge on any atom is -0.426 e. The molecule has 0 saturated carbocycles. The van der Waals surface area contributed by atoms with Crippen LogP contribution in [-0.2, 0) is 10.0 Å². The third-order valence-corrected chi connectivity index (χ3v) is 3.85. The first-order chi connectivity index (χ1) is 8.52. The van der Waals surface area contributed by atoms with Gasteiger partial charge in [-0.1, -0.05) is 36.4 Å². The van der Waals surface area contributed by atoms with Crippen LogP contribution in [0.3, 0.4) is 0 Å². The highest BCUT2D eigenvalue weighted by Gasteiger charge is 2.16. The Morgan fingerprint density at radius 2 is 1.67 bits per heavy atom. The van der Waals surface area contributed by atoms with E-state index >= 15 is 0 Å². The summed E-state index contributed by atoms with van der Waals surface area (Å²) >= 11 is 1.63. The van der Waals surface area contributed by atoms with E-state index < -0.39 is 10.0 Å². The maximum absolute atomic E-state index is 11.5. The zero-order valence-electron chi connectivity index (χ0n) is 9.21. The number of benzene rings is 2. The molecule has 0 aliphatic rings. The van der Waals surface area contributed by atoms with E-state index in [1.54, 1.807) is 35.1 Å². The molecule has 0 amide bonds. The molecule has 0 aliphatic carbocycles. The minimum absolute atomic E-state index is 0.0155. The lowest BCUT2D eigenvalue weighted by Gasteiger charge is -2.08. The van der Waals surface area contributed by atoms with E-state index in [4.69, 9.17) is 8.21 Å². The van der Waals surface area contributed by atoms with Crippen LogP contribution >= 0.6 is 23.0 Å². The van der Waals surface area contributed by atoms with Crippen LogP contribution in [0, 0.1) is 0 Å². The number of rotatable bonds is 3. The van der Waals surface area contributed by atoms with E-state index in [2.05, 4.69) is 0 Å². The van der Waals surface area contributed by atoms with Crippen molar-refractivity contribution in [2.75, 3.05) is 0 Å². The lowest BCUT2D eigenvalue weighted by molar-refractivity contribution is 0.592. The molecule has 0 aliphatic heterocycles. The Morgan fingerprint density at radius 3 is 2.22 bits per heavy atom. The molecule has 2 aromatic rings. The summed E-state index contributed by atoms with van der Waals surface area (Å²) in [4.78, 5) is -0.0155. The van der Waals surface area contributed by atoms with Crippen LogP contribution in [-0.4, -0.2) is 8.42 Å². The summed E-state index contributed by atoms with van der Waals surface area (Å²) in [5, 5.41) is 5.17. The molecular formula is C12H10INO3S. The normalized spacial score (nSPS) is 11.2. The lowest BCUT2D eigenvalue weighted by atomic mass is 10.1. The molecule has 18 heavy (non-hydrogen) atoms. The molecule has 0 unspecified atom stereocenters. The predicted molar refractivity (Wildman–Crippen MR) is 77.9 cm³/mol. The van der Waals surface area contributed by atoms with Gasteiger partial charge in [0.25, 0.3) is 0 Å². The number of halogens is 1. The van der Waals surface area contributed by atoms with Gasteiger partial charge in [0.15, 0.2) is 28.8 Å². The highest BCUT2D eigenvalue weighted by molar-refractivity contribution is 14.1. The molecule has 0 saturated heterocycles. The first kappa shape index (κ1) is 13.3. The van der Waals surface area contributed by atoms with E-state index in [0.29, 0.717) is 0 Å². The van der Waals surface area contributed by atoms with Crippen molar-refractivity contribution < 1.29 is 11.5 Å². The topological polar surface area (TPSA) is 69.4 Å².